The zero-order valence-corrected chi connectivity index (χ0v) is 15.0. The van der Waals surface area contributed by atoms with Crippen LogP contribution in [0.4, 0.5) is 0 Å². The Kier molecular flexibility index (Phi) is 5.02. The van der Waals surface area contributed by atoms with Gasteiger partial charge in [-0.05, 0) is 30.2 Å². The van der Waals surface area contributed by atoms with Gasteiger partial charge >= 0.3 is 5.97 Å². The summed E-state index contributed by atoms with van der Waals surface area (Å²) in [7, 11) is 0. The first-order valence-corrected chi connectivity index (χ1v) is 8.77. The number of carbonyl (C=O) groups excluding carboxylic acids is 1. The van der Waals surface area contributed by atoms with Gasteiger partial charge in [0.1, 0.15) is 0 Å². The van der Waals surface area contributed by atoms with E-state index in [1.165, 1.54) is 0 Å². The van der Waals surface area contributed by atoms with Crippen LogP contribution >= 0.6 is 0 Å². The number of hydrogen-bond acceptors (Lipinski definition) is 5. The van der Waals surface area contributed by atoms with Crippen LogP contribution in [-0.2, 0) is 22.5 Å². The molecule has 0 saturated heterocycles. The van der Waals surface area contributed by atoms with Crippen LogP contribution < -0.4 is 0 Å². The zero-order valence-electron chi connectivity index (χ0n) is 15.0. The maximum Gasteiger partial charge on any atom is 0.335 e. The third kappa shape index (κ3) is 4.16. The fraction of sp³-hybridized carbons (Fsp3) is 0.450. The number of carbonyl (C=O) groups is 1. The van der Waals surface area contributed by atoms with Gasteiger partial charge in [0, 0.05) is 12.8 Å². The molecule has 2 aromatic rings. The van der Waals surface area contributed by atoms with Crippen molar-refractivity contribution >= 4 is 11.7 Å². The maximum absolute atomic E-state index is 11.7. The van der Waals surface area contributed by atoms with E-state index in [4.69, 9.17) is 9.36 Å². The molecule has 0 aliphatic heterocycles. The Morgan fingerprint density at radius 1 is 1.28 bits per heavy atom. The minimum atomic E-state index is -0.305. The van der Waals surface area contributed by atoms with Crippen LogP contribution in [0.3, 0.4) is 0 Å². The summed E-state index contributed by atoms with van der Waals surface area (Å²) in [6.45, 7) is 6.25. The summed E-state index contributed by atoms with van der Waals surface area (Å²) in [5.41, 5.74) is 3.71. The molecule has 0 N–H and O–H groups in total. The predicted molar refractivity (Wildman–Crippen MR) is 95.4 cm³/mol. The highest BCUT2D eigenvalue weighted by Crippen LogP contribution is 2.36. The summed E-state index contributed by atoms with van der Waals surface area (Å²) < 4.78 is 5.63. The van der Waals surface area contributed by atoms with Gasteiger partial charge in [-0.15, -0.1) is 0 Å². The predicted octanol–water partition coefficient (Wildman–Crippen LogP) is 4.29. The SMILES string of the molecule is CCCC(=O)ON=C1CC(C)(C)Cc2noc(Cc3ccccc3)c21. The molecular weight excluding hydrogens is 316 g/mol. The first kappa shape index (κ1) is 17.4. The molecule has 1 heterocycles. The lowest BCUT2D eigenvalue weighted by atomic mass is 9.75. The average molecular weight is 340 g/mol. The molecule has 1 aliphatic rings. The van der Waals surface area contributed by atoms with Crippen LogP contribution in [0.1, 0.15) is 62.6 Å². The van der Waals surface area contributed by atoms with E-state index in [0.717, 1.165) is 47.6 Å². The summed E-state index contributed by atoms with van der Waals surface area (Å²) in [5.74, 6) is 0.475. The monoisotopic (exact) mass is 340 g/mol. The minimum Gasteiger partial charge on any atom is -0.360 e. The number of oxime groups is 1. The van der Waals surface area contributed by atoms with Gasteiger partial charge in [0.25, 0.3) is 0 Å². The Morgan fingerprint density at radius 3 is 2.76 bits per heavy atom. The third-order valence-electron chi connectivity index (χ3n) is 4.33. The minimum absolute atomic E-state index is 0.00386. The van der Waals surface area contributed by atoms with E-state index in [-0.39, 0.29) is 11.4 Å². The Labute approximate surface area is 148 Å². The Morgan fingerprint density at radius 2 is 2.04 bits per heavy atom. The van der Waals surface area contributed by atoms with E-state index in [1.54, 1.807) is 0 Å². The summed E-state index contributed by atoms with van der Waals surface area (Å²) in [6, 6.07) is 10.1. The van der Waals surface area contributed by atoms with E-state index in [1.807, 2.05) is 25.1 Å². The molecule has 0 atom stereocenters. The van der Waals surface area contributed by atoms with Crippen LogP contribution in [0.15, 0.2) is 40.0 Å². The number of aromatic nitrogens is 1. The van der Waals surface area contributed by atoms with Crippen molar-refractivity contribution in [2.24, 2.45) is 10.6 Å². The quantitative estimate of drug-likeness (QED) is 0.602. The van der Waals surface area contributed by atoms with Crippen molar-refractivity contribution in [3.63, 3.8) is 0 Å². The second-order valence-corrected chi connectivity index (χ2v) is 7.36. The molecular formula is C20H24N2O3. The third-order valence-corrected chi connectivity index (χ3v) is 4.33. The summed E-state index contributed by atoms with van der Waals surface area (Å²) in [6.07, 6.45) is 3.30. The van der Waals surface area contributed by atoms with Crippen LogP contribution in [0.2, 0.25) is 0 Å². The zero-order chi connectivity index (χ0) is 17.9. The van der Waals surface area contributed by atoms with Crippen molar-refractivity contribution in [3.05, 3.63) is 52.9 Å². The van der Waals surface area contributed by atoms with Crippen molar-refractivity contribution in [2.75, 3.05) is 0 Å². The van der Waals surface area contributed by atoms with Crippen molar-refractivity contribution in [3.8, 4) is 0 Å². The summed E-state index contributed by atoms with van der Waals surface area (Å²) in [4.78, 5) is 16.8. The standard InChI is InChI=1S/C20H24N2O3/c1-4-8-18(23)25-22-16-13-20(2,3)12-15-19(16)17(24-21-15)11-14-9-6-5-7-10-14/h5-7,9-10H,4,8,11-13H2,1-3H3. The van der Waals surface area contributed by atoms with Crippen molar-refractivity contribution in [1.29, 1.82) is 0 Å². The van der Waals surface area contributed by atoms with E-state index >= 15 is 0 Å². The molecule has 0 bridgehead atoms. The lowest BCUT2D eigenvalue weighted by molar-refractivity contribution is -0.143. The summed E-state index contributed by atoms with van der Waals surface area (Å²) in [5, 5.41) is 8.45. The molecule has 0 fully saturated rings. The number of nitrogens with zero attached hydrogens (tertiary/aromatic N) is 2. The van der Waals surface area contributed by atoms with Gasteiger partial charge in [0.15, 0.2) is 5.76 Å². The highest BCUT2D eigenvalue weighted by Gasteiger charge is 2.35. The molecule has 3 rings (SSSR count). The maximum atomic E-state index is 11.7. The molecule has 0 unspecified atom stereocenters. The molecule has 132 valence electrons. The van der Waals surface area contributed by atoms with Crippen LogP contribution in [-0.4, -0.2) is 16.8 Å². The lowest BCUT2D eigenvalue weighted by Crippen LogP contribution is -2.28. The van der Waals surface area contributed by atoms with Gasteiger partial charge in [0.05, 0.1) is 17.0 Å². The molecule has 0 saturated carbocycles. The molecule has 0 radical (unpaired) electrons. The van der Waals surface area contributed by atoms with Crippen LogP contribution in [0, 0.1) is 5.41 Å². The summed E-state index contributed by atoms with van der Waals surface area (Å²) >= 11 is 0. The topological polar surface area (TPSA) is 64.7 Å². The van der Waals surface area contributed by atoms with Crippen molar-refractivity contribution < 1.29 is 14.2 Å². The van der Waals surface area contributed by atoms with Gasteiger partial charge in [-0.3, -0.25) is 0 Å². The van der Waals surface area contributed by atoms with E-state index in [9.17, 15) is 4.79 Å². The largest absolute Gasteiger partial charge is 0.360 e. The highest BCUT2D eigenvalue weighted by atomic mass is 16.7. The average Bonchev–Trinajstić information content (AvgIpc) is 2.95. The van der Waals surface area contributed by atoms with Crippen molar-refractivity contribution in [1.82, 2.24) is 5.16 Å². The molecule has 1 aliphatic carbocycles. The van der Waals surface area contributed by atoms with Gasteiger partial charge in [-0.2, -0.15) is 0 Å². The van der Waals surface area contributed by atoms with Gasteiger partial charge < -0.3 is 9.36 Å². The number of hydrogen-bond donors (Lipinski definition) is 0. The molecule has 5 heteroatoms. The smallest absolute Gasteiger partial charge is 0.335 e. The molecule has 0 spiro atoms. The first-order valence-electron chi connectivity index (χ1n) is 8.77. The fourth-order valence-corrected chi connectivity index (χ4v) is 3.20. The Bertz CT molecular complexity index is 775. The number of fused-ring (bicyclic) bond motifs is 1. The number of benzene rings is 1. The lowest BCUT2D eigenvalue weighted by Gasteiger charge is -2.28. The van der Waals surface area contributed by atoms with E-state index < -0.39 is 0 Å². The first-order chi connectivity index (χ1) is 12.0. The Hall–Kier alpha value is -2.43. The number of rotatable bonds is 5. The van der Waals surface area contributed by atoms with E-state index in [2.05, 4.69) is 36.3 Å². The van der Waals surface area contributed by atoms with E-state index in [0.29, 0.717) is 12.8 Å². The van der Waals surface area contributed by atoms with Crippen LogP contribution in [0.25, 0.3) is 0 Å². The molecule has 1 aromatic carbocycles. The fourth-order valence-electron chi connectivity index (χ4n) is 3.20. The Balaban J connectivity index is 1.91. The molecule has 5 nitrogen and oxygen atoms in total. The second-order valence-electron chi connectivity index (χ2n) is 7.36. The second kappa shape index (κ2) is 7.21. The van der Waals surface area contributed by atoms with Crippen molar-refractivity contribution in [2.45, 2.75) is 52.9 Å². The molecule has 1 aromatic heterocycles. The van der Waals surface area contributed by atoms with Gasteiger partial charge in [-0.1, -0.05) is 61.4 Å². The van der Waals surface area contributed by atoms with Crippen LogP contribution in [0.5, 0.6) is 0 Å². The highest BCUT2D eigenvalue weighted by molar-refractivity contribution is 6.03. The van der Waals surface area contributed by atoms with Gasteiger partial charge in [-0.25, -0.2) is 4.79 Å². The van der Waals surface area contributed by atoms with Gasteiger partial charge in [0.2, 0.25) is 0 Å². The normalized spacial score (nSPS) is 17.3. The molecule has 0 amide bonds. The molecule has 25 heavy (non-hydrogen) atoms.